The van der Waals surface area contributed by atoms with Crippen LogP contribution in [-0.4, -0.2) is 32.7 Å². The molecule has 0 aromatic carbocycles. The van der Waals surface area contributed by atoms with Crippen LogP contribution in [0.25, 0.3) is 17.0 Å². The highest BCUT2D eigenvalue weighted by molar-refractivity contribution is 5.90. The summed E-state index contributed by atoms with van der Waals surface area (Å²) in [5.74, 6) is 0.310. The molecule has 0 aliphatic carbocycles. The van der Waals surface area contributed by atoms with Crippen LogP contribution in [0.4, 0.5) is 0 Å². The minimum Gasteiger partial charge on any atom is -0.465 e. The second kappa shape index (κ2) is 4.49. The summed E-state index contributed by atoms with van der Waals surface area (Å²) in [5, 5.41) is 8.18. The average Bonchev–Trinajstić information content (AvgIpc) is 2.90. The van der Waals surface area contributed by atoms with E-state index in [1.54, 1.807) is 30.7 Å². The largest absolute Gasteiger partial charge is 0.465 e. The highest BCUT2D eigenvalue weighted by atomic mass is 16.5. The predicted molar refractivity (Wildman–Crippen MR) is 67.6 cm³/mol. The topological polar surface area (TPSA) is 69.4 Å². The number of ether oxygens (including phenoxy) is 1. The molecule has 0 unspecified atom stereocenters. The molecule has 0 aliphatic heterocycles. The van der Waals surface area contributed by atoms with Gasteiger partial charge < -0.3 is 4.74 Å². The number of rotatable bonds is 2. The second-order valence-corrected chi connectivity index (χ2v) is 3.89. The van der Waals surface area contributed by atoms with E-state index < -0.39 is 5.97 Å². The van der Waals surface area contributed by atoms with Crippen molar-refractivity contribution in [3.8, 4) is 11.4 Å². The summed E-state index contributed by atoms with van der Waals surface area (Å²) < 4.78 is 6.48. The molecule has 3 rings (SSSR count). The Morgan fingerprint density at radius 3 is 2.74 bits per heavy atom. The van der Waals surface area contributed by atoms with Gasteiger partial charge in [0.05, 0.1) is 12.7 Å². The summed E-state index contributed by atoms with van der Waals surface area (Å²) in [6, 6.07) is 7.02. The molecule has 0 spiro atoms. The zero-order valence-corrected chi connectivity index (χ0v) is 10.1. The number of methoxy groups -OCH3 is 1. The van der Waals surface area contributed by atoms with Gasteiger partial charge in [0.15, 0.2) is 11.5 Å². The van der Waals surface area contributed by atoms with Gasteiger partial charge in [0.25, 0.3) is 0 Å². The first kappa shape index (κ1) is 11.3. The van der Waals surface area contributed by atoms with Crippen LogP contribution >= 0.6 is 0 Å². The number of nitrogens with zero attached hydrogens (tertiary/aromatic N) is 4. The van der Waals surface area contributed by atoms with Crippen molar-refractivity contribution in [3.63, 3.8) is 0 Å². The molecule has 6 heteroatoms. The maximum absolute atomic E-state index is 11.4. The van der Waals surface area contributed by atoms with Crippen LogP contribution in [0.5, 0.6) is 0 Å². The summed E-state index contributed by atoms with van der Waals surface area (Å²) in [7, 11) is 1.35. The Hall–Kier alpha value is -2.76. The van der Waals surface area contributed by atoms with Gasteiger partial charge >= 0.3 is 5.97 Å². The molecular formula is C13H10N4O2. The number of hydrogen-bond donors (Lipinski definition) is 0. The fourth-order valence-electron chi connectivity index (χ4n) is 1.83. The van der Waals surface area contributed by atoms with Crippen molar-refractivity contribution in [2.24, 2.45) is 0 Å². The summed E-state index contributed by atoms with van der Waals surface area (Å²) >= 11 is 0. The van der Waals surface area contributed by atoms with Crippen molar-refractivity contribution < 1.29 is 9.53 Å². The molecule has 3 aromatic heterocycles. The molecule has 0 saturated heterocycles. The first-order valence-electron chi connectivity index (χ1n) is 5.63. The number of esters is 1. The molecule has 19 heavy (non-hydrogen) atoms. The van der Waals surface area contributed by atoms with E-state index >= 15 is 0 Å². The molecule has 0 fully saturated rings. The van der Waals surface area contributed by atoms with Gasteiger partial charge in [-0.05, 0) is 24.3 Å². The number of carbonyl (C=O) groups is 1. The zero-order valence-electron chi connectivity index (χ0n) is 10.1. The number of hydrogen-bond acceptors (Lipinski definition) is 5. The van der Waals surface area contributed by atoms with Crippen molar-refractivity contribution in [3.05, 3.63) is 48.4 Å². The molecule has 0 N–H and O–H groups in total. The standard InChI is InChI=1S/C13H10N4O2/c1-19-13(18)10-4-7-17-11(8-10)15-16-12(17)9-2-5-14-6-3-9/h2-8H,1H3. The van der Waals surface area contributed by atoms with Crippen LogP contribution in [0.2, 0.25) is 0 Å². The fourth-order valence-corrected chi connectivity index (χ4v) is 1.83. The molecule has 94 valence electrons. The molecule has 0 aliphatic rings. The van der Waals surface area contributed by atoms with E-state index in [-0.39, 0.29) is 0 Å². The highest BCUT2D eigenvalue weighted by Crippen LogP contribution is 2.18. The molecular weight excluding hydrogens is 244 g/mol. The Labute approximate surface area is 108 Å². The lowest BCUT2D eigenvalue weighted by atomic mass is 10.2. The second-order valence-electron chi connectivity index (χ2n) is 3.89. The van der Waals surface area contributed by atoms with Crippen molar-refractivity contribution in [1.29, 1.82) is 0 Å². The molecule has 0 atom stereocenters. The van der Waals surface area contributed by atoms with Crippen LogP contribution < -0.4 is 0 Å². The van der Waals surface area contributed by atoms with E-state index in [0.29, 0.717) is 17.0 Å². The van der Waals surface area contributed by atoms with Gasteiger partial charge in [-0.15, -0.1) is 10.2 Å². The fraction of sp³-hybridized carbons (Fsp3) is 0.0769. The predicted octanol–water partition coefficient (Wildman–Crippen LogP) is 1.58. The Kier molecular flexibility index (Phi) is 2.68. The van der Waals surface area contributed by atoms with Crippen molar-refractivity contribution in [1.82, 2.24) is 19.6 Å². The third-order valence-electron chi connectivity index (χ3n) is 2.77. The smallest absolute Gasteiger partial charge is 0.338 e. The van der Waals surface area contributed by atoms with Gasteiger partial charge in [-0.3, -0.25) is 9.38 Å². The maximum atomic E-state index is 11.4. The maximum Gasteiger partial charge on any atom is 0.338 e. The SMILES string of the molecule is COC(=O)c1ccn2c(-c3ccncc3)nnc2c1. The summed E-state index contributed by atoms with van der Waals surface area (Å²) in [6.45, 7) is 0. The van der Waals surface area contributed by atoms with E-state index in [9.17, 15) is 4.79 Å². The van der Waals surface area contributed by atoms with E-state index in [1.165, 1.54) is 7.11 Å². The van der Waals surface area contributed by atoms with Gasteiger partial charge in [0.2, 0.25) is 0 Å². The Morgan fingerprint density at radius 2 is 2.00 bits per heavy atom. The van der Waals surface area contributed by atoms with E-state index in [2.05, 4.69) is 19.9 Å². The summed E-state index contributed by atoms with van der Waals surface area (Å²) in [4.78, 5) is 15.4. The highest BCUT2D eigenvalue weighted by Gasteiger charge is 2.11. The lowest BCUT2D eigenvalue weighted by Gasteiger charge is -2.01. The van der Waals surface area contributed by atoms with Gasteiger partial charge in [-0.1, -0.05) is 0 Å². The van der Waals surface area contributed by atoms with Gasteiger partial charge in [-0.2, -0.15) is 0 Å². The third kappa shape index (κ3) is 1.93. The van der Waals surface area contributed by atoms with Crippen LogP contribution in [0, 0.1) is 0 Å². The first-order chi connectivity index (χ1) is 9.29. The molecule has 6 nitrogen and oxygen atoms in total. The lowest BCUT2D eigenvalue weighted by molar-refractivity contribution is 0.0600. The average molecular weight is 254 g/mol. The lowest BCUT2D eigenvalue weighted by Crippen LogP contribution is -2.02. The molecule has 0 saturated carbocycles. The van der Waals surface area contributed by atoms with Crippen molar-refractivity contribution >= 4 is 11.6 Å². The summed E-state index contributed by atoms with van der Waals surface area (Å²) in [5.41, 5.74) is 1.95. The Morgan fingerprint density at radius 1 is 1.21 bits per heavy atom. The van der Waals surface area contributed by atoms with Crippen molar-refractivity contribution in [2.75, 3.05) is 7.11 Å². The number of pyridine rings is 2. The van der Waals surface area contributed by atoms with Crippen molar-refractivity contribution in [2.45, 2.75) is 0 Å². The summed E-state index contributed by atoms with van der Waals surface area (Å²) in [6.07, 6.45) is 5.13. The monoisotopic (exact) mass is 254 g/mol. The molecule has 3 heterocycles. The number of carbonyl (C=O) groups excluding carboxylic acids is 1. The van der Waals surface area contributed by atoms with E-state index in [1.807, 2.05) is 16.5 Å². The zero-order chi connectivity index (χ0) is 13.2. The van der Waals surface area contributed by atoms with Crippen LogP contribution in [0.15, 0.2) is 42.9 Å². The molecule has 0 bridgehead atoms. The molecule has 0 amide bonds. The molecule has 3 aromatic rings. The minimum atomic E-state index is -0.393. The minimum absolute atomic E-state index is 0.393. The first-order valence-corrected chi connectivity index (χ1v) is 5.63. The van der Waals surface area contributed by atoms with Crippen LogP contribution in [-0.2, 0) is 4.74 Å². The van der Waals surface area contributed by atoms with Gasteiger partial charge in [-0.25, -0.2) is 4.79 Å². The number of aromatic nitrogens is 4. The normalized spacial score (nSPS) is 10.6. The molecule has 0 radical (unpaired) electrons. The quantitative estimate of drug-likeness (QED) is 0.649. The van der Waals surface area contributed by atoms with Gasteiger partial charge in [0, 0.05) is 24.2 Å². The van der Waals surface area contributed by atoms with E-state index in [0.717, 1.165) is 5.56 Å². The Bertz CT molecular complexity index is 737. The van der Waals surface area contributed by atoms with E-state index in [4.69, 9.17) is 0 Å². The number of fused-ring (bicyclic) bond motifs is 1. The van der Waals surface area contributed by atoms with Gasteiger partial charge in [0.1, 0.15) is 0 Å². The Balaban J connectivity index is 2.13. The van der Waals surface area contributed by atoms with Crippen LogP contribution in [0.1, 0.15) is 10.4 Å². The van der Waals surface area contributed by atoms with Crippen LogP contribution in [0.3, 0.4) is 0 Å². The third-order valence-corrected chi connectivity index (χ3v) is 2.77.